The van der Waals surface area contributed by atoms with Gasteiger partial charge in [0.25, 0.3) is 5.91 Å². The highest BCUT2D eigenvalue weighted by Crippen LogP contribution is 2.27. The maximum atomic E-state index is 12.5. The first-order valence-corrected chi connectivity index (χ1v) is 11.1. The van der Waals surface area contributed by atoms with E-state index in [2.05, 4.69) is 15.5 Å². The zero-order valence-electron chi connectivity index (χ0n) is 17.5. The van der Waals surface area contributed by atoms with E-state index in [0.717, 1.165) is 38.2 Å². The lowest BCUT2D eigenvalue weighted by Crippen LogP contribution is -2.23. The first-order valence-electron chi connectivity index (χ1n) is 9.69. The van der Waals surface area contributed by atoms with E-state index in [-0.39, 0.29) is 12.5 Å². The fourth-order valence-corrected chi connectivity index (χ4v) is 4.26. The number of benzene rings is 2. The van der Waals surface area contributed by atoms with Gasteiger partial charge >= 0.3 is 0 Å². The van der Waals surface area contributed by atoms with Crippen molar-refractivity contribution in [2.45, 2.75) is 45.1 Å². The highest BCUT2D eigenvalue weighted by molar-refractivity contribution is 7.98. The van der Waals surface area contributed by atoms with Crippen molar-refractivity contribution < 1.29 is 9.53 Å². The normalized spacial score (nSPS) is 10.8. The summed E-state index contributed by atoms with van der Waals surface area (Å²) in [5.41, 5.74) is 4.19. The molecule has 0 saturated carbocycles. The number of aryl methyl sites for hydroxylation is 2. The largest absolute Gasteiger partial charge is 0.483 e. The SMILES string of the molecule is CCn1c(NC(=O)COc2c(C)ccc(C)c2C)nnc1SCc1ccccc1Cl. The highest BCUT2D eigenvalue weighted by atomic mass is 35.5. The summed E-state index contributed by atoms with van der Waals surface area (Å²) < 4.78 is 7.66. The Balaban J connectivity index is 1.63. The van der Waals surface area contributed by atoms with E-state index in [1.807, 2.05) is 68.7 Å². The van der Waals surface area contributed by atoms with Crippen LogP contribution in [-0.4, -0.2) is 27.3 Å². The molecular formula is C22H25ClN4O2S. The maximum Gasteiger partial charge on any atom is 0.264 e. The number of ether oxygens (including phenoxy) is 1. The van der Waals surface area contributed by atoms with Gasteiger partial charge in [0.2, 0.25) is 5.95 Å². The summed E-state index contributed by atoms with van der Waals surface area (Å²) in [5.74, 6) is 1.55. The Morgan fingerprint density at radius 3 is 2.60 bits per heavy atom. The van der Waals surface area contributed by atoms with Crippen LogP contribution in [0.3, 0.4) is 0 Å². The van der Waals surface area contributed by atoms with Crippen molar-refractivity contribution in [1.29, 1.82) is 0 Å². The van der Waals surface area contributed by atoms with E-state index in [1.165, 1.54) is 11.8 Å². The summed E-state index contributed by atoms with van der Waals surface area (Å²) in [5, 5.41) is 12.6. The summed E-state index contributed by atoms with van der Waals surface area (Å²) >= 11 is 7.75. The third-order valence-electron chi connectivity index (χ3n) is 4.82. The molecule has 6 nitrogen and oxygen atoms in total. The van der Waals surface area contributed by atoms with Gasteiger partial charge in [-0.05, 0) is 56.0 Å². The maximum absolute atomic E-state index is 12.5. The Kier molecular flexibility index (Phi) is 7.39. The molecule has 0 spiro atoms. The molecule has 0 saturated heterocycles. The first kappa shape index (κ1) is 22.2. The van der Waals surface area contributed by atoms with Crippen LogP contribution in [0.4, 0.5) is 5.95 Å². The monoisotopic (exact) mass is 444 g/mol. The van der Waals surface area contributed by atoms with Crippen molar-refractivity contribution in [3.8, 4) is 5.75 Å². The minimum absolute atomic E-state index is 0.0934. The molecule has 3 rings (SSSR count). The van der Waals surface area contributed by atoms with Gasteiger partial charge in [-0.15, -0.1) is 10.2 Å². The minimum Gasteiger partial charge on any atom is -0.483 e. The second-order valence-corrected chi connectivity index (χ2v) is 8.27. The number of amides is 1. The van der Waals surface area contributed by atoms with E-state index in [0.29, 0.717) is 18.2 Å². The number of carbonyl (C=O) groups excluding carboxylic acids is 1. The molecule has 0 aliphatic rings. The number of thioether (sulfide) groups is 1. The molecule has 1 N–H and O–H groups in total. The molecule has 0 atom stereocenters. The molecule has 0 radical (unpaired) electrons. The quantitative estimate of drug-likeness (QED) is 0.484. The number of halogens is 1. The summed E-state index contributed by atoms with van der Waals surface area (Å²) in [4.78, 5) is 12.5. The Morgan fingerprint density at radius 1 is 1.13 bits per heavy atom. The van der Waals surface area contributed by atoms with Gasteiger partial charge in [0.05, 0.1) is 0 Å². The van der Waals surface area contributed by atoms with Gasteiger partial charge in [0, 0.05) is 17.3 Å². The van der Waals surface area contributed by atoms with Crippen molar-refractivity contribution in [2.75, 3.05) is 11.9 Å². The van der Waals surface area contributed by atoms with Crippen LogP contribution in [0, 0.1) is 20.8 Å². The zero-order chi connectivity index (χ0) is 21.7. The molecule has 1 amide bonds. The second-order valence-electron chi connectivity index (χ2n) is 6.92. The molecular weight excluding hydrogens is 420 g/mol. The van der Waals surface area contributed by atoms with Gasteiger partial charge in [-0.25, -0.2) is 0 Å². The Hall–Kier alpha value is -2.51. The number of rotatable bonds is 8. The van der Waals surface area contributed by atoms with Gasteiger partial charge < -0.3 is 4.74 Å². The predicted octanol–water partition coefficient (Wildman–Crippen LogP) is 5.19. The van der Waals surface area contributed by atoms with Crippen LogP contribution < -0.4 is 10.1 Å². The number of aromatic nitrogens is 3. The number of nitrogens with one attached hydrogen (secondary N) is 1. The number of nitrogens with zero attached hydrogens (tertiary/aromatic N) is 3. The lowest BCUT2D eigenvalue weighted by Gasteiger charge is -2.14. The van der Waals surface area contributed by atoms with Crippen molar-refractivity contribution in [2.24, 2.45) is 0 Å². The summed E-state index contributed by atoms with van der Waals surface area (Å²) in [6.45, 7) is 8.50. The molecule has 1 heterocycles. The molecule has 8 heteroatoms. The fourth-order valence-electron chi connectivity index (χ4n) is 2.98. The Labute approximate surface area is 186 Å². The Bertz CT molecular complexity index is 1050. The summed E-state index contributed by atoms with van der Waals surface area (Å²) in [6.07, 6.45) is 0. The van der Waals surface area contributed by atoms with Gasteiger partial charge in [-0.3, -0.25) is 14.7 Å². The third kappa shape index (κ3) is 5.15. The Morgan fingerprint density at radius 2 is 1.87 bits per heavy atom. The number of hydrogen-bond acceptors (Lipinski definition) is 5. The molecule has 3 aromatic rings. The van der Waals surface area contributed by atoms with E-state index in [1.54, 1.807) is 0 Å². The van der Waals surface area contributed by atoms with Gasteiger partial charge in [0.15, 0.2) is 11.8 Å². The molecule has 0 unspecified atom stereocenters. The fraction of sp³-hybridized carbons (Fsp3) is 0.318. The predicted molar refractivity (Wildman–Crippen MR) is 121 cm³/mol. The average molecular weight is 445 g/mol. The molecule has 0 fully saturated rings. The standard InChI is InChI=1S/C22H25ClN4O2S/c1-5-27-21(25-26-22(27)30-13-17-8-6-7-9-18(17)23)24-19(28)12-29-20-15(3)11-10-14(2)16(20)4/h6-11H,5,12-13H2,1-4H3,(H,24,25,28). The molecule has 30 heavy (non-hydrogen) atoms. The zero-order valence-corrected chi connectivity index (χ0v) is 19.1. The highest BCUT2D eigenvalue weighted by Gasteiger charge is 2.16. The molecule has 0 aliphatic heterocycles. The lowest BCUT2D eigenvalue weighted by atomic mass is 10.1. The van der Waals surface area contributed by atoms with Crippen LogP contribution >= 0.6 is 23.4 Å². The minimum atomic E-state index is -0.278. The smallest absolute Gasteiger partial charge is 0.264 e. The van der Waals surface area contributed by atoms with Gasteiger partial charge in [-0.2, -0.15) is 0 Å². The van der Waals surface area contributed by atoms with Crippen LogP contribution in [0.5, 0.6) is 5.75 Å². The van der Waals surface area contributed by atoms with E-state index < -0.39 is 0 Å². The second kappa shape index (κ2) is 10.00. The van der Waals surface area contributed by atoms with Crippen molar-refractivity contribution in [3.05, 3.63) is 63.7 Å². The van der Waals surface area contributed by atoms with Gasteiger partial charge in [-0.1, -0.05) is 53.7 Å². The topological polar surface area (TPSA) is 69.0 Å². The lowest BCUT2D eigenvalue weighted by molar-refractivity contribution is -0.118. The van der Waals surface area contributed by atoms with Crippen molar-refractivity contribution in [1.82, 2.24) is 14.8 Å². The van der Waals surface area contributed by atoms with Crippen LogP contribution in [0.25, 0.3) is 0 Å². The number of hydrogen-bond donors (Lipinski definition) is 1. The molecule has 158 valence electrons. The van der Waals surface area contributed by atoms with E-state index >= 15 is 0 Å². The summed E-state index contributed by atoms with van der Waals surface area (Å²) in [7, 11) is 0. The molecule has 0 bridgehead atoms. The average Bonchev–Trinajstić information content (AvgIpc) is 3.11. The van der Waals surface area contributed by atoms with E-state index in [4.69, 9.17) is 16.3 Å². The van der Waals surface area contributed by atoms with Crippen LogP contribution in [0.2, 0.25) is 5.02 Å². The first-order chi connectivity index (χ1) is 14.4. The van der Waals surface area contributed by atoms with Crippen molar-refractivity contribution >= 4 is 35.2 Å². The van der Waals surface area contributed by atoms with Crippen LogP contribution in [-0.2, 0) is 17.1 Å². The van der Waals surface area contributed by atoms with Gasteiger partial charge in [0.1, 0.15) is 5.75 Å². The number of carbonyl (C=O) groups is 1. The van der Waals surface area contributed by atoms with Crippen molar-refractivity contribution in [3.63, 3.8) is 0 Å². The molecule has 0 aliphatic carbocycles. The summed E-state index contributed by atoms with van der Waals surface area (Å²) in [6, 6.07) is 11.7. The van der Waals surface area contributed by atoms with Crippen LogP contribution in [0.15, 0.2) is 41.6 Å². The van der Waals surface area contributed by atoms with Crippen LogP contribution in [0.1, 0.15) is 29.2 Å². The molecule has 2 aromatic carbocycles. The third-order valence-corrected chi connectivity index (χ3v) is 6.20. The van der Waals surface area contributed by atoms with E-state index in [9.17, 15) is 4.79 Å². The number of anilines is 1. The molecule has 1 aromatic heterocycles.